The van der Waals surface area contributed by atoms with Gasteiger partial charge >= 0.3 is 6.09 Å². The molecule has 1 aliphatic rings. The zero-order valence-electron chi connectivity index (χ0n) is 19.4. The van der Waals surface area contributed by atoms with E-state index in [2.05, 4.69) is 4.72 Å². The molecule has 0 bridgehead atoms. The van der Waals surface area contributed by atoms with Gasteiger partial charge in [0.05, 0.1) is 30.2 Å². The maximum atomic E-state index is 12.9. The van der Waals surface area contributed by atoms with Gasteiger partial charge in [0, 0.05) is 37.4 Å². The van der Waals surface area contributed by atoms with Crippen molar-refractivity contribution in [3.8, 4) is 11.3 Å². The first-order valence-corrected chi connectivity index (χ1v) is 12.9. The minimum atomic E-state index is -3.57. The van der Waals surface area contributed by atoms with Gasteiger partial charge in [0.2, 0.25) is 10.0 Å². The Bertz CT molecular complexity index is 1010. The smallest absolute Gasteiger partial charge is 0.410 e. The molecule has 1 amide bonds. The number of aromatic nitrogens is 1. The quantitative estimate of drug-likeness (QED) is 0.598. The molecule has 0 spiro atoms. The Hall–Kier alpha value is -2.49. The van der Waals surface area contributed by atoms with Crippen LogP contribution < -0.4 is 4.72 Å². The topological polar surface area (TPSA) is 97.8 Å². The van der Waals surface area contributed by atoms with Crippen molar-refractivity contribution < 1.29 is 22.7 Å². The van der Waals surface area contributed by atoms with E-state index in [1.807, 2.05) is 48.5 Å². The zero-order valence-corrected chi connectivity index (χ0v) is 20.3. The molecule has 1 fully saturated rings. The van der Waals surface area contributed by atoms with Gasteiger partial charge in [-0.05, 0) is 38.8 Å². The monoisotopic (exact) mass is 475 g/mol. The summed E-state index contributed by atoms with van der Waals surface area (Å²) in [5, 5.41) is 0. The van der Waals surface area contributed by atoms with Gasteiger partial charge < -0.3 is 14.4 Å². The number of amides is 1. The molecule has 1 saturated heterocycles. The molecule has 33 heavy (non-hydrogen) atoms. The summed E-state index contributed by atoms with van der Waals surface area (Å²) in [6, 6.07) is 14.8. The molecular weight excluding hydrogens is 442 g/mol. The zero-order chi connectivity index (χ0) is 23.8. The third kappa shape index (κ3) is 7.25. The number of hydrogen-bond acceptors (Lipinski definition) is 6. The first-order chi connectivity index (χ1) is 15.8. The predicted octanol–water partition coefficient (Wildman–Crippen LogP) is 3.23. The number of likely N-dealkylation sites (tertiary alicyclic amines) is 1. The Morgan fingerprint density at radius 3 is 2.64 bits per heavy atom. The van der Waals surface area contributed by atoms with Gasteiger partial charge in [0.25, 0.3) is 0 Å². The summed E-state index contributed by atoms with van der Waals surface area (Å²) in [4.78, 5) is 19.3. The molecule has 0 saturated carbocycles. The average Bonchev–Trinajstić information content (AvgIpc) is 2.79. The number of sulfonamides is 1. The first kappa shape index (κ1) is 25.1. The van der Waals surface area contributed by atoms with E-state index in [9.17, 15) is 13.2 Å². The second-order valence-corrected chi connectivity index (χ2v) is 10.3. The molecule has 3 rings (SSSR count). The number of pyridine rings is 1. The van der Waals surface area contributed by atoms with Crippen LogP contribution >= 0.6 is 0 Å². The van der Waals surface area contributed by atoms with Gasteiger partial charge in [0.15, 0.2) is 0 Å². The fourth-order valence-corrected chi connectivity index (χ4v) is 5.24. The van der Waals surface area contributed by atoms with E-state index in [-0.39, 0.29) is 18.5 Å². The first-order valence-electron chi connectivity index (χ1n) is 11.3. The molecular formula is C24H33N3O5S. The molecule has 2 heterocycles. The fraction of sp³-hybridized carbons (Fsp3) is 0.500. The summed E-state index contributed by atoms with van der Waals surface area (Å²) >= 11 is 0. The summed E-state index contributed by atoms with van der Waals surface area (Å²) in [7, 11) is -2.10. The van der Waals surface area contributed by atoms with Gasteiger partial charge in [-0.15, -0.1) is 0 Å². The number of piperidine rings is 1. The third-order valence-electron chi connectivity index (χ3n) is 5.53. The maximum absolute atomic E-state index is 12.9. The van der Waals surface area contributed by atoms with Crippen LogP contribution in [0.25, 0.3) is 11.3 Å². The molecule has 0 unspecified atom stereocenters. The molecule has 2 atom stereocenters. The molecule has 2 aromatic rings. The molecule has 0 aliphatic carbocycles. The van der Waals surface area contributed by atoms with Crippen molar-refractivity contribution in [2.45, 2.75) is 51.3 Å². The van der Waals surface area contributed by atoms with Crippen molar-refractivity contribution in [1.29, 1.82) is 0 Å². The van der Waals surface area contributed by atoms with Crippen LogP contribution in [0.5, 0.6) is 0 Å². The van der Waals surface area contributed by atoms with Crippen LogP contribution in [0.3, 0.4) is 0 Å². The third-order valence-corrected chi connectivity index (χ3v) is 6.90. The van der Waals surface area contributed by atoms with Crippen LogP contribution in [-0.2, 0) is 25.9 Å². The highest BCUT2D eigenvalue weighted by molar-refractivity contribution is 7.89. The lowest BCUT2D eigenvalue weighted by molar-refractivity contribution is 0.0458. The highest BCUT2D eigenvalue weighted by atomic mass is 32.2. The van der Waals surface area contributed by atoms with Crippen molar-refractivity contribution in [1.82, 2.24) is 14.6 Å². The number of carbonyl (C=O) groups is 1. The Morgan fingerprint density at radius 2 is 1.94 bits per heavy atom. The SMILES string of the molecule is COCCS(=O)(=O)N[C@H]1CCCN(C(=O)OC(C)C)[C@H]1Cc1cccc(-c2ccccc2)n1. The molecule has 1 N–H and O–H groups in total. The van der Waals surface area contributed by atoms with Crippen molar-refractivity contribution in [2.75, 3.05) is 26.0 Å². The number of rotatable bonds is 9. The van der Waals surface area contributed by atoms with Crippen molar-refractivity contribution in [2.24, 2.45) is 0 Å². The number of hydrogen-bond donors (Lipinski definition) is 1. The minimum Gasteiger partial charge on any atom is -0.447 e. The van der Waals surface area contributed by atoms with Gasteiger partial charge in [-0.3, -0.25) is 4.98 Å². The van der Waals surface area contributed by atoms with E-state index >= 15 is 0 Å². The molecule has 1 aromatic carbocycles. The van der Waals surface area contributed by atoms with E-state index in [1.54, 1.807) is 18.7 Å². The van der Waals surface area contributed by atoms with Gasteiger partial charge in [0.1, 0.15) is 0 Å². The van der Waals surface area contributed by atoms with Crippen molar-refractivity contribution in [3.05, 3.63) is 54.2 Å². The van der Waals surface area contributed by atoms with E-state index in [1.165, 1.54) is 7.11 Å². The van der Waals surface area contributed by atoms with Gasteiger partial charge in [-0.2, -0.15) is 0 Å². The second kappa shape index (κ2) is 11.6. The Morgan fingerprint density at radius 1 is 1.18 bits per heavy atom. The van der Waals surface area contributed by atoms with Gasteiger partial charge in [-0.1, -0.05) is 36.4 Å². The van der Waals surface area contributed by atoms with Crippen molar-refractivity contribution >= 4 is 16.1 Å². The molecule has 1 aliphatic heterocycles. The van der Waals surface area contributed by atoms with Crippen LogP contribution in [0.4, 0.5) is 4.79 Å². The summed E-state index contributed by atoms with van der Waals surface area (Å²) in [6.45, 7) is 4.21. The summed E-state index contributed by atoms with van der Waals surface area (Å²) in [5.74, 6) is -0.134. The number of carbonyl (C=O) groups excluding carboxylic acids is 1. The highest BCUT2D eigenvalue weighted by Gasteiger charge is 2.37. The van der Waals surface area contributed by atoms with Crippen LogP contribution in [0.1, 0.15) is 32.4 Å². The Kier molecular flexibility index (Phi) is 8.82. The maximum Gasteiger partial charge on any atom is 0.410 e. The number of benzene rings is 1. The molecule has 8 nitrogen and oxygen atoms in total. The van der Waals surface area contributed by atoms with Crippen LogP contribution in [-0.4, -0.2) is 68.6 Å². The average molecular weight is 476 g/mol. The summed E-state index contributed by atoms with van der Waals surface area (Å²) in [5.41, 5.74) is 2.61. The van der Waals surface area contributed by atoms with E-state index < -0.39 is 28.2 Å². The molecule has 1 aromatic heterocycles. The van der Waals surface area contributed by atoms with Gasteiger partial charge in [-0.25, -0.2) is 17.9 Å². The second-order valence-electron chi connectivity index (χ2n) is 8.46. The summed E-state index contributed by atoms with van der Waals surface area (Å²) in [6.07, 6.45) is 1.01. The number of nitrogens with zero attached hydrogens (tertiary/aromatic N) is 2. The summed E-state index contributed by atoms with van der Waals surface area (Å²) < 4.78 is 38.4. The van der Waals surface area contributed by atoms with Crippen LogP contribution in [0.2, 0.25) is 0 Å². The molecule has 0 radical (unpaired) electrons. The van der Waals surface area contributed by atoms with E-state index in [0.29, 0.717) is 25.8 Å². The lowest BCUT2D eigenvalue weighted by Gasteiger charge is -2.41. The van der Waals surface area contributed by atoms with E-state index in [0.717, 1.165) is 17.0 Å². The Labute approximate surface area is 196 Å². The predicted molar refractivity (Wildman–Crippen MR) is 127 cm³/mol. The highest BCUT2D eigenvalue weighted by Crippen LogP contribution is 2.24. The Balaban J connectivity index is 1.88. The lowest BCUT2D eigenvalue weighted by atomic mass is 9.93. The molecule has 180 valence electrons. The van der Waals surface area contributed by atoms with E-state index in [4.69, 9.17) is 14.5 Å². The molecule has 9 heteroatoms. The number of ether oxygens (including phenoxy) is 2. The number of methoxy groups -OCH3 is 1. The van der Waals surface area contributed by atoms with Crippen molar-refractivity contribution in [3.63, 3.8) is 0 Å². The number of nitrogens with one attached hydrogen (secondary N) is 1. The minimum absolute atomic E-state index is 0.104. The van der Waals surface area contributed by atoms with Crippen LogP contribution in [0.15, 0.2) is 48.5 Å². The largest absolute Gasteiger partial charge is 0.447 e. The fourth-order valence-electron chi connectivity index (χ4n) is 4.00. The standard InChI is InChI=1S/C24H33N3O5S/c1-18(2)32-24(28)27-14-8-13-22(26-33(29,30)16-15-31-3)23(27)17-20-11-7-12-21(25-20)19-9-5-4-6-10-19/h4-7,9-12,18,22-23,26H,8,13-17H2,1-3H3/t22-,23-/m0/s1. The normalized spacial score (nSPS) is 19.0. The lowest BCUT2D eigenvalue weighted by Crippen LogP contribution is -2.58. The van der Waals surface area contributed by atoms with Crippen LogP contribution in [0, 0.1) is 0 Å².